The van der Waals surface area contributed by atoms with Crippen LogP contribution in [0.5, 0.6) is 0 Å². The van der Waals surface area contributed by atoms with Crippen molar-refractivity contribution in [3.63, 3.8) is 0 Å². The lowest BCUT2D eigenvalue weighted by atomic mass is 9.99. The number of rotatable bonds is 3. The van der Waals surface area contributed by atoms with E-state index in [9.17, 15) is 9.59 Å². The van der Waals surface area contributed by atoms with Gasteiger partial charge >= 0.3 is 0 Å². The number of aldehydes is 1. The summed E-state index contributed by atoms with van der Waals surface area (Å²) in [5.41, 5.74) is 1.25. The van der Waals surface area contributed by atoms with E-state index in [1.807, 2.05) is 0 Å². The Labute approximate surface area is 118 Å². The van der Waals surface area contributed by atoms with E-state index in [4.69, 9.17) is 11.6 Å². The monoisotopic (exact) mass is 322 g/mol. The highest BCUT2D eigenvalue weighted by Gasteiger charge is 2.13. The van der Waals surface area contributed by atoms with Crippen LogP contribution in [0, 0.1) is 0 Å². The Balaban J connectivity index is 2.45. The molecule has 0 saturated heterocycles. The van der Waals surface area contributed by atoms with Gasteiger partial charge in [-0.2, -0.15) is 0 Å². The van der Waals surface area contributed by atoms with Crippen molar-refractivity contribution in [3.05, 3.63) is 68.7 Å². The minimum absolute atomic E-state index is 0.193. The molecule has 18 heavy (non-hydrogen) atoms. The molecule has 0 aromatic heterocycles. The molecule has 0 N–H and O–H groups in total. The van der Waals surface area contributed by atoms with Crippen molar-refractivity contribution in [2.24, 2.45) is 0 Å². The third-order valence-corrected chi connectivity index (χ3v) is 3.24. The van der Waals surface area contributed by atoms with Crippen LogP contribution in [-0.4, -0.2) is 12.1 Å². The van der Waals surface area contributed by atoms with Crippen molar-refractivity contribution in [1.82, 2.24) is 0 Å². The van der Waals surface area contributed by atoms with Crippen LogP contribution >= 0.6 is 27.5 Å². The minimum Gasteiger partial charge on any atom is -0.298 e. The lowest BCUT2D eigenvalue weighted by Gasteiger charge is -2.05. The number of carbonyl (C=O) groups is 2. The molecule has 0 aliphatic carbocycles. The number of hydrogen-bond donors (Lipinski definition) is 0. The molecule has 90 valence electrons. The second-order valence-corrected chi connectivity index (χ2v) is 5.04. The van der Waals surface area contributed by atoms with Gasteiger partial charge in [-0.15, -0.1) is 0 Å². The Morgan fingerprint density at radius 3 is 2.39 bits per heavy atom. The zero-order valence-electron chi connectivity index (χ0n) is 9.19. The fourth-order valence-corrected chi connectivity index (χ4v) is 2.10. The fourth-order valence-electron chi connectivity index (χ4n) is 1.59. The summed E-state index contributed by atoms with van der Waals surface area (Å²) in [5.74, 6) is -0.193. The molecule has 2 aromatic carbocycles. The highest BCUT2D eigenvalue weighted by molar-refractivity contribution is 9.10. The Morgan fingerprint density at radius 2 is 1.78 bits per heavy atom. The molecule has 0 saturated carbocycles. The minimum atomic E-state index is -0.193. The molecule has 4 heteroatoms. The molecule has 2 rings (SSSR count). The summed E-state index contributed by atoms with van der Waals surface area (Å²) in [6, 6.07) is 11.6. The van der Waals surface area contributed by atoms with Crippen LogP contribution < -0.4 is 0 Å². The Bertz CT molecular complexity index is 606. The van der Waals surface area contributed by atoms with Gasteiger partial charge < -0.3 is 0 Å². The lowest BCUT2D eigenvalue weighted by Crippen LogP contribution is -2.05. The highest BCUT2D eigenvalue weighted by atomic mass is 79.9. The van der Waals surface area contributed by atoms with Gasteiger partial charge in [-0.3, -0.25) is 9.59 Å². The van der Waals surface area contributed by atoms with Crippen molar-refractivity contribution in [3.8, 4) is 0 Å². The normalized spacial score (nSPS) is 10.1. The van der Waals surface area contributed by atoms with Crippen molar-refractivity contribution >= 4 is 39.6 Å². The SMILES string of the molecule is O=Cc1cc(Br)ccc1C(=O)c1ccc(Cl)cc1. The summed E-state index contributed by atoms with van der Waals surface area (Å²) in [4.78, 5) is 23.2. The van der Waals surface area contributed by atoms with Crippen LogP contribution in [-0.2, 0) is 0 Å². The maximum absolute atomic E-state index is 12.2. The average Bonchev–Trinajstić information content (AvgIpc) is 2.38. The van der Waals surface area contributed by atoms with Crippen LogP contribution in [0.25, 0.3) is 0 Å². The number of hydrogen-bond acceptors (Lipinski definition) is 2. The lowest BCUT2D eigenvalue weighted by molar-refractivity contribution is 0.102. The number of ketones is 1. The van der Waals surface area contributed by atoms with E-state index in [0.717, 1.165) is 4.47 Å². The van der Waals surface area contributed by atoms with Gasteiger partial charge in [-0.25, -0.2) is 0 Å². The number of carbonyl (C=O) groups excluding carboxylic acids is 2. The van der Waals surface area contributed by atoms with E-state index < -0.39 is 0 Å². The van der Waals surface area contributed by atoms with Gasteiger partial charge in [0.1, 0.15) is 0 Å². The Hall–Kier alpha value is -1.45. The van der Waals surface area contributed by atoms with Crippen molar-refractivity contribution in [1.29, 1.82) is 0 Å². The van der Waals surface area contributed by atoms with Gasteiger partial charge in [0.05, 0.1) is 0 Å². The predicted molar refractivity (Wildman–Crippen MR) is 74.4 cm³/mol. The van der Waals surface area contributed by atoms with Gasteiger partial charge in [0.15, 0.2) is 12.1 Å². The number of halogens is 2. The van der Waals surface area contributed by atoms with Gasteiger partial charge in [0, 0.05) is 26.2 Å². The molecule has 0 aliphatic heterocycles. The van der Waals surface area contributed by atoms with Crippen molar-refractivity contribution in [2.45, 2.75) is 0 Å². The van der Waals surface area contributed by atoms with Crippen molar-refractivity contribution in [2.75, 3.05) is 0 Å². The summed E-state index contributed by atoms with van der Waals surface area (Å²) in [6.45, 7) is 0. The fraction of sp³-hybridized carbons (Fsp3) is 0. The molecule has 0 fully saturated rings. The standard InChI is InChI=1S/C14H8BrClO2/c15-11-3-6-13(10(7-11)8-17)14(18)9-1-4-12(16)5-2-9/h1-8H. The number of benzene rings is 2. The third kappa shape index (κ3) is 2.68. The average molecular weight is 324 g/mol. The maximum Gasteiger partial charge on any atom is 0.193 e. The first-order valence-electron chi connectivity index (χ1n) is 5.17. The first-order valence-corrected chi connectivity index (χ1v) is 6.34. The first kappa shape index (κ1) is 13.0. The molecule has 0 spiro atoms. The molecule has 0 bridgehead atoms. The second kappa shape index (κ2) is 5.46. The molecule has 0 atom stereocenters. The molecule has 2 nitrogen and oxygen atoms in total. The third-order valence-electron chi connectivity index (χ3n) is 2.49. The second-order valence-electron chi connectivity index (χ2n) is 3.69. The summed E-state index contributed by atoms with van der Waals surface area (Å²) < 4.78 is 0.761. The van der Waals surface area contributed by atoms with E-state index in [-0.39, 0.29) is 5.78 Å². The molecule has 0 radical (unpaired) electrons. The van der Waals surface area contributed by atoms with E-state index in [1.165, 1.54) is 0 Å². The van der Waals surface area contributed by atoms with E-state index in [2.05, 4.69) is 15.9 Å². The van der Waals surface area contributed by atoms with Crippen LogP contribution in [0.15, 0.2) is 46.9 Å². The van der Waals surface area contributed by atoms with Gasteiger partial charge in [0.25, 0.3) is 0 Å². The van der Waals surface area contributed by atoms with Gasteiger partial charge in [0.2, 0.25) is 0 Å². The summed E-state index contributed by atoms with van der Waals surface area (Å²) >= 11 is 9.03. The topological polar surface area (TPSA) is 34.1 Å². The van der Waals surface area contributed by atoms with E-state index in [0.29, 0.717) is 28.0 Å². The summed E-state index contributed by atoms with van der Waals surface area (Å²) in [7, 11) is 0. The molecular formula is C14H8BrClO2. The quantitative estimate of drug-likeness (QED) is 0.628. The van der Waals surface area contributed by atoms with E-state index in [1.54, 1.807) is 42.5 Å². The summed E-state index contributed by atoms with van der Waals surface area (Å²) in [6.07, 6.45) is 0.675. The molecule has 2 aromatic rings. The van der Waals surface area contributed by atoms with Crippen LogP contribution in [0.2, 0.25) is 5.02 Å². The van der Waals surface area contributed by atoms with Crippen LogP contribution in [0.4, 0.5) is 0 Å². The Morgan fingerprint density at radius 1 is 1.11 bits per heavy atom. The highest BCUT2D eigenvalue weighted by Crippen LogP contribution is 2.19. The molecule has 0 aliphatic rings. The zero-order chi connectivity index (χ0) is 13.1. The molecule has 0 amide bonds. The summed E-state index contributed by atoms with van der Waals surface area (Å²) in [5, 5.41) is 0.568. The Kier molecular flexibility index (Phi) is 3.94. The van der Waals surface area contributed by atoms with Crippen LogP contribution in [0.1, 0.15) is 26.3 Å². The first-order chi connectivity index (χ1) is 8.61. The smallest absolute Gasteiger partial charge is 0.193 e. The van der Waals surface area contributed by atoms with Crippen LogP contribution in [0.3, 0.4) is 0 Å². The van der Waals surface area contributed by atoms with Gasteiger partial charge in [-0.05, 0) is 42.5 Å². The zero-order valence-corrected chi connectivity index (χ0v) is 11.5. The maximum atomic E-state index is 12.2. The van der Waals surface area contributed by atoms with E-state index >= 15 is 0 Å². The largest absolute Gasteiger partial charge is 0.298 e. The molecule has 0 unspecified atom stereocenters. The predicted octanol–water partition coefficient (Wildman–Crippen LogP) is 4.15. The molecular weight excluding hydrogens is 316 g/mol. The van der Waals surface area contributed by atoms with Gasteiger partial charge in [-0.1, -0.05) is 27.5 Å². The van der Waals surface area contributed by atoms with Crippen molar-refractivity contribution < 1.29 is 9.59 Å². The molecule has 0 heterocycles.